The third-order valence-electron chi connectivity index (χ3n) is 6.59. The number of nitrogens with zero attached hydrogens (tertiary/aromatic N) is 5. The van der Waals surface area contributed by atoms with Gasteiger partial charge >= 0.3 is 0 Å². The Morgan fingerprint density at radius 3 is 2.51 bits per heavy atom. The second-order valence-electron chi connectivity index (χ2n) is 9.20. The van der Waals surface area contributed by atoms with Crippen LogP contribution in [0.1, 0.15) is 60.6 Å². The largest absolute Gasteiger partial charge is 0.356 e. The molecule has 1 amide bonds. The highest BCUT2D eigenvalue weighted by Crippen LogP contribution is 2.36. The van der Waals surface area contributed by atoms with Crippen molar-refractivity contribution in [1.82, 2.24) is 25.4 Å². The minimum atomic E-state index is -0.665. The maximum Gasteiger partial charge on any atom is 0.253 e. The Morgan fingerprint density at radius 2 is 1.86 bits per heavy atom. The van der Waals surface area contributed by atoms with E-state index in [0.29, 0.717) is 47.3 Å². The molecule has 194 valence electrons. The van der Waals surface area contributed by atoms with Gasteiger partial charge < -0.3 is 14.7 Å². The molecular weight excluding hydrogens is 502 g/mol. The van der Waals surface area contributed by atoms with E-state index in [0.717, 1.165) is 12.8 Å². The average molecular weight is 529 g/mol. The van der Waals surface area contributed by atoms with E-state index in [1.807, 2.05) is 18.7 Å². The summed E-state index contributed by atoms with van der Waals surface area (Å²) in [6.45, 7) is 5.31. The van der Waals surface area contributed by atoms with Crippen LogP contribution in [0.25, 0.3) is 22.0 Å². The van der Waals surface area contributed by atoms with Crippen molar-refractivity contribution < 1.29 is 18.1 Å². The smallest absolute Gasteiger partial charge is 0.253 e. The number of rotatable bonds is 5. The Bertz CT molecular complexity index is 1440. The first-order valence-corrected chi connectivity index (χ1v) is 11.9. The van der Waals surface area contributed by atoms with Gasteiger partial charge in [0.1, 0.15) is 23.8 Å². The van der Waals surface area contributed by atoms with E-state index in [4.69, 9.17) is 4.52 Å². The fraction of sp³-hybridized carbons (Fsp3) is 0.346. The number of amides is 1. The van der Waals surface area contributed by atoms with Crippen LogP contribution in [0.3, 0.4) is 0 Å². The molecule has 1 aliphatic heterocycles. The van der Waals surface area contributed by atoms with E-state index in [1.165, 1.54) is 31.6 Å². The molecule has 37 heavy (non-hydrogen) atoms. The molecule has 1 N–H and O–H groups in total. The summed E-state index contributed by atoms with van der Waals surface area (Å²) in [6, 6.07) is 7.21. The number of carbonyl (C=O) groups is 1. The van der Waals surface area contributed by atoms with Crippen molar-refractivity contribution in [2.24, 2.45) is 0 Å². The minimum Gasteiger partial charge on any atom is -0.356 e. The van der Waals surface area contributed by atoms with Crippen LogP contribution in [0, 0.1) is 11.6 Å². The van der Waals surface area contributed by atoms with Gasteiger partial charge in [-0.1, -0.05) is 25.1 Å². The summed E-state index contributed by atoms with van der Waals surface area (Å²) in [7, 11) is 1.44. The Balaban J connectivity index is 0.00000320. The number of benzene rings is 2. The maximum atomic E-state index is 15.1. The fourth-order valence-electron chi connectivity index (χ4n) is 4.58. The van der Waals surface area contributed by atoms with Crippen LogP contribution in [-0.4, -0.2) is 46.2 Å². The molecule has 0 bridgehead atoms. The molecule has 5 rings (SSSR count). The molecule has 2 aromatic heterocycles. The van der Waals surface area contributed by atoms with Crippen LogP contribution < -0.4 is 10.2 Å². The summed E-state index contributed by atoms with van der Waals surface area (Å²) in [6.07, 6.45) is 2.92. The Hall–Kier alpha value is -3.66. The van der Waals surface area contributed by atoms with Crippen LogP contribution in [0.4, 0.5) is 14.6 Å². The number of piperidine rings is 1. The molecule has 4 aromatic rings. The Kier molecular flexibility index (Phi) is 7.68. The van der Waals surface area contributed by atoms with Gasteiger partial charge in [0.25, 0.3) is 5.91 Å². The standard InChI is InChI=1S/C26H26F2N6O2.ClH/c1-14(2)23-32-26(36-33-23)15-8-10-34(11-9-15)24-21-19(27)7-6-17(22(21)30-13-31-24)16-4-5-18(20(28)12-16)25(35)29-3;/h4-7,12-15H,8-11H2,1-3H3,(H,29,35);1H. The Morgan fingerprint density at radius 1 is 1.11 bits per heavy atom. The van der Waals surface area contributed by atoms with Gasteiger partial charge in [-0.15, -0.1) is 12.4 Å². The monoisotopic (exact) mass is 528 g/mol. The highest BCUT2D eigenvalue weighted by Gasteiger charge is 2.28. The summed E-state index contributed by atoms with van der Waals surface area (Å²) < 4.78 is 35.3. The van der Waals surface area contributed by atoms with E-state index < -0.39 is 17.5 Å². The molecular formula is C26H27ClF2N6O2. The summed E-state index contributed by atoms with van der Waals surface area (Å²) in [5.41, 5.74) is 1.37. The lowest BCUT2D eigenvalue weighted by atomic mass is 9.96. The normalized spacial score (nSPS) is 14.2. The second kappa shape index (κ2) is 10.8. The van der Waals surface area contributed by atoms with E-state index in [-0.39, 0.29) is 35.2 Å². The van der Waals surface area contributed by atoms with Gasteiger partial charge in [-0.2, -0.15) is 4.98 Å². The molecule has 0 spiro atoms. The van der Waals surface area contributed by atoms with Crippen LogP contribution in [0.5, 0.6) is 0 Å². The number of carbonyl (C=O) groups excluding carboxylic acids is 1. The van der Waals surface area contributed by atoms with Gasteiger partial charge in [0.2, 0.25) is 5.89 Å². The molecule has 2 aromatic carbocycles. The highest BCUT2D eigenvalue weighted by molar-refractivity contribution is 6.00. The molecule has 11 heteroatoms. The molecule has 3 heterocycles. The molecule has 1 saturated heterocycles. The second-order valence-corrected chi connectivity index (χ2v) is 9.20. The van der Waals surface area contributed by atoms with Gasteiger partial charge in [-0.25, -0.2) is 18.7 Å². The lowest BCUT2D eigenvalue weighted by Gasteiger charge is -2.32. The summed E-state index contributed by atoms with van der Waals surface area (Å²) >= 11 is 0. The fourth-order valence-corrected chi connectivity index (χ4v) is 4.58. The van der Waals surface area contributed by atoms with Gasteiger partial charge in [0, 0.05) is 37.5 Å². The predicted octanol–water partition coefficient (Wildman–Crippen LogP) is 5.25. The topological polar surface area (TPSA) is 97.0 Å². The first-order valence-electron chi connectivity index (χ1n) is 11.9. The summed E-state index contributed by atoms with van der Waals surface area (Å²) in [4.78, 5) is 27.2. The molecule has 8 nitrogen and oxygen atoms in total. The zero-order chi connectivity index (χ0) is 25.4. The lowest BCUT2D eigenvalue weighted by molar-refractivity contribution is 0.0959. The van der Waals surface area contributed by atoms with Crippen molar-refractivity contribution >= 4 is 35.0 Å². The van der Waals surface area contributed by atoms with Gasteiger partial charge in [0.05, 0.1) is 16.5 Å². The average Bonchev–Trinajstić information content (AvgIpc) is 3.39. The van der Waals surface area contributed by atoms with Crippen molar-refractivity contribution in [2.45, 2.75) is 38.5 Å². The molecule has 0 unspecified atom stereocenters. The first kappa shape index (κ1) is 26.4. The van der Waals surface area contributed by atoms with Crippen LogP contribution >= 0.6 is 12.4 Å². The zero-order valence-electron chi connectivity index (χ0n) is 20.7. The van der Waals surface area contributed by atoms with E-state index >= 15 is 4.39 Å². The summed E-state index contributed by atoms with van der Waals surface area (Å²) in [5, 5.41) is 6.76. The molecule has 1 aliphatic rings. The van der Waals surface area contributed by atoms with Gasteiger partial charge in [-0.05, 0) is 42.7 Å². The first-order chi connectivity index (χ1) is 17.4. The SMILES string of the molecule is CNC(=O)c1ccc(-c2ccc(F)c3c(N4CCC(c5nc(C(C)C)no5)CC4)ncnc23)cc1F.Cl. The van der Waals surface area contributed by atoms with Crippen molar-refractivity contribution in [2.75, 3.05) is 25.0 Å². The number of anilines is 1. The van der Waals surface area contributed by atoms with Gasteiger partial charge in [0.15, 0.2) is 5.82 Å². The van der Waals surface area contributed by atoms with E-state index in [2.05, 4.69) is 25.4 Å². The number of fused-ring (bicyclic) bond motifs is 1. The quantitative estimate of drug-likeness (QED) is 0.378. The molecule has 0 radical (unpaired) electrons. The highest BCUT2D eigenvalue weighted by atomic mass is 35.5. The number of halogens is 3. The predicted molar refractivity (Wildman–Crippen MR) is 138 cm³/mol. The minimum absolute atomic E-state index is 0. The van der Waals surface area contributed by atoms with Crippen LogP contribution in [0.15, 0.2) is 41.2 Å². The number of hydrogen-bond acceptors (Lipinski definition) is 7. The van der Waals surface area contributed by atoms with Crippen LogP contribution in [0.2, 0.25) is 0 Å². The van der Waals surface area contributed by atoms with Crippen molar-refractivity contribution in [3.8, 4) is 11.1 Å². The van der Waals surface area contributed by atoms with E-state index in [1.54, 1.807) is 12.1 Å². The Labute approximate surface area is 218 Å². The maximum absolute atomic E-state index is 15.1. The van der Waals surface area contributed by atoms with Crippen LogP contribution in [-0.2, 0) is 0 Å². The lowest BCUT2D eigenvalue weighted by Crippen LogP contribution is -2.34. The molecule has 0 atom stereocenters. The molecule has 0 saturated carbocycles. The van der Waals surface area contributed by atoms with E-state index in [9.17, 15) is 9.18 Å². The molecule has 0 aliphatic carbocycles. The van der Waals surface area contributed by atoms with Gasteiger partial charge in [-0.3, -0.25) is 4.79 Å². The number of nitrogens with one attached hydrogen (secondary N) is 1. The van der Waals surface area contributed by atoms with Crippen molar-refractivity contribution in [3.05, 3.63) is 65.6 Å². The zero-order valence-corrected chi connectivity index (χ0v) is 21.5. The van der Waals surface area contributed by atoms with Crippen molar-refractivity contribution in [1.29, 1.82) is 0 Å². The number of aromatic nitrogens is 4. The van der Waals surface area contributed by atoms with Crippen molar-refractivity contribution in [3.63, 3.8) is 0 Å². The number of hydrogen-bond donors (Lipinski definition) is 1. The molecule has 1 fully saturated rings. The third kappa shape index (κ3) is 4.98. The third-order valence-corrected chi connectivity index (χ3v) is 6.59. The summed E-state index contributed by atoms with van der Waals surface area (Å²) in [5.74, 6) is 0.530.